The zero-order chi connectivity index (χ0) is 33.7. The van der Waals surface area contributed by atoms with Crippen LogP contribution in [0.4, 0.5) is 32.0 Å². The summed E-state index contributed by atoms with van der Waals surface area (Å²) in [4.78, 5) is 39.4. The van der Waals surface area contributed by atoms with Gasteiger partial charge in [0.1, 0.15) is 0 Å². The number of imide groups is 1. The number of hydrogen-bond donors (Lipinski definition) is 3. The number of carbonyl (C=O) groups is 3. The van der Waals surface area contributed by atoms with Gasteiger partial charge in [-0.15, -0.1) is 11.8 Å². The number of alkyl halides is 6. The molecule has 0 atom stereocenters. The molecular formula is C31H32F6N4O4S. The topological polar surface area (TPSA) is 112 Å². The number of carbonyl (C=O) groups excluding carboxylic acids is 3. The molecule has 1 saturated heterocycles. The molecule has 1 heterocycles. The fourth-order valence-electron chi connectivity index (χ4n) is 5.09. The second kappa shape index (κ2) is 14.3. The minimum atomic E-state index is -5.03. The van der Waals surface area contributed by atoms with Gasteiger partial charge in [0.15, 0.2) is 0 Å². The van der Waals surface area contributed by atoms with E-state index in [2.05, 4.69) is 10.6 Å². The molecule has 0 bridgehead atoms. The van der Waals surface area contributed by atoms with Gasteiger partial charge in [0.25, 0.3) is 5.91 Å². The number of ether oxygens (including phenoxy) is 1. The van der Waals surface area contributed by atoms with Crippen LogP contribution in [0.15, 0.2) is 41.3 Å². The van der Waals surface area contributed by atoms with Gasteiger partial charge in [0.2, 0.25) is 12.3 Å². The molecule has 8 nitrogen and oxygen atoms in total. The van der Waals surface area contributed by atoms with Gasteiger partial charge >= 0.3 is 12.4 Å². The first-order valence-corrected chi connectivity index (χ1v) is 15.5. The van der Waals surface area contributed by atoms with Crippen LogP contribution in [0.3, 0.4) is 0 Å². The largest absolute Gasteiger partial charge is 0.416 e. The van der Waals surface area contributed by atoms with E-state index in [4.69, 9.17) is 10.1 Å². The molecule has 46 heavy (non-hydrogen) atoms. The normalized spacial score (nSPS) is 16.8. The molecule has 248 valence electrons. The van der Waals surface area contributed by atoms with Crippen molar-refractivity contribution < 1.29 is 45.5 Å². The Labute approximate surface area is 265 Å². The van der Waals surface area contributed by atoms with Crippen LogP contribution in [0.2, 0.25) is 0 Å². The highest BCUT2D eigenvalue weighted by Crippen LogP contribution is 2.38. The van der Waals surface area contributed by atoms with Gasteiger partial charge in [-0.3, -0.25) is 19.3 Å². The molecule has 1 aliphatic carbocycles. The summed E-state index contributed by atoms with van der Waals surface area (Å²) in [7, 11) is 0. The van der Waals surface area contributed by atoms with E-state index in [0.29, 0.717) is 44.1 Å². The second-order valence-electron chi connectivity index (χ2n) is 11.1. The number of halogens is 6. The lowest BCUT2D eigenvalue weighted by molar-refractivity contribution is -0.143. The Morgan fingerprint density at radius 3 is 2.33 bits per heavy atom. The van der Waals surface area contributed by atoms with E-state index in [1.54, 1.807) is 6.26 Å². The zero-order valence-electron chi connectivity index (χ0n) is 24.7. The third-order valence-corrected chi connectivity index (χ3v) is 8.55. The molecule has 0 aromatic heterocycles. The minimum Gasteiger partial charge on any atom is -0.381 e. The Kier molecular flexibility index (Phi) is 10.9. The van der Waals surface area contributed by atoms with E-state index >= 15 is 0 Å². The average molecular weight is 671 g/mol. The molecule has 2 fully saturated rings. The Bertz CT molecular complexity index is 1500. The quantitative estimate of drug-likeness (QED) is 0.109. The summed E-state index contributed by atoms with van der Waals surface area (Å²) in [5.74, 6) is -0.778. The van der Waals surface area contributed by atoms with E-state index < -0.39 is 47.0 Å². The summed E-state index contributed by atoms with van der Waals surface area (Å²) in [6, 6.07) is 5.91. The summed E-state index contributed by atoms with van der Waals surface area (Å²) in [5.41, 5.74) is -3.17. The third kappa shape index (κ3) is 8.69. The Balaban J connectivity index is 1.52. The van der Waals surface area contributed by atoms with Crippen molar-refractivity contribution in [3.63, 3.8) is 0 Å². The molecule has 3 amide bonds. The van der Waals surface area contributed by atoms with Crippen LogP contribution >= 0.6 is 11.8 Å². The number of nitrogens with zero attached hydrogens (tertiary/aromatic N) is 1. The standard InChI is InChI=1S/C31H32F6N4O4S/c1-46-26(28(44)41(18-42)17-29(8-10-45-11-9-29)40-27(43)20-3-4-20)13-19-2-7-25(22(12-19)15-38)39-16-21-5-6-23(30(32,33)34)14-24(21)31(35,36)37/h2,5-7,12-15,18,20,38-39H,3-4,8-11,16-17H2,1H3,(H,40,43)/b26-13-,38-15?. The molecule has 2 aliphatic rings. The fraction of sp³-hybridized carbons (Fsp3) is 0.419. The number of benzene rings is 2. The maximum atomic E-state index is 13.6. The minimum absolute atomic E-state index is 0.0481. The van der Waals surface area contributed by atoms with Crippen LogP contribution < -0.4 is 10.6 Å². The predicted molar refractivity (Wildman–Crippen MR) is 161 cm³/mol. The molecule has 3 N–H and O–H groups in total. The second-order valence-corrected chi connectivity index (χ2v) is 12.0. The Morgan fingerprint density at radius 2 is 1.76 bits per heavy atom. The van der Waals surface area contributed by atoms with E-state index in [1.165, 1.54) is 24.3 Å². The third-order valence-electron chi connectivity index (χ3n) is 7.82. The highest BCUT2D eigenvalue weighted by atomic mass is 32.2. The number of amides is 3. The lowest BCUT2D eigenvalue weighted by atomic mass is 9.89. The van der Waals surface area contributed by atoms with Crippen LogP contribution in [0, 0.1) is 11.3 Å². The first kappa shape index (κ1) is 35.0. The van der Waals surface area contributed by atoms with Gasteiger partial charge in [0.05, 0.1) is 28.1 Å². The number of anilines is 1. The highest BCUT2D eigenvalue weighted by molar-refractivity contribution is 8.03. The van der Waals surface area contributed by atoms with Gasteiger partial charge in [-0.25, -0.2) is 0 Å². The molecule has 2 aromatic rings. The molecule has 0 radical (unpaired) electrons. The summed E-state index contributed by atoms with van der Waals surface area (Å²) in [6.45, 7) is 0.198. The van der Waals surface area contributed by atoms with Crippen molar-refractivity contribution in [2.45, 2.75) is 50.1 Å². The van der Waals surface area contributed by atoms with Crippen LogP contribution in [0.1, 0.15) is 53.5 Å². The summed E-state index contributed by atoms with van der Waals surface area (Å²) in [5, 5.41) is 13.6. The summed E-state index contributed by atoms with van der Waals surface area (Å²) < 4.78 is 85.2. The van der Waals surface area contributed by atoms with Gasteiger partial charge in [-0.1, -0.05) is 12.1 Å². The van der Waals surface area contributed by atoms with Gasteiger partial charge < -0.3 is 20.8 Å². The predicted octanol–water partition coefficient (Wildman–Crippen LogP) is 6.10. The first-order valence-electron chi connectivity index (χ1n) is 14.3. The van der Waals surface area contributed by atoms with Crippen LogP contribution in [0.25, 0.3) is 6.08 Å². The fourth-order valence-corrected chi connectivity index (χ4v) is 5.64. The Morgan fingerprint density at radius 1 is 1.07 bits per heavy atom. The van der Waals surface area contributed by atoms with Crippen molar-refractivity contribution >= 4 is 48.0 Å². The van der Waals surface area contributed by atoms with Gasteiger partial charge in [-0.2, -0.15) is 26.3 Å². The summed E-state index contributed by atoms with van der Waals surface area (Å²) in [6.07, 6.45) is -3.04. The SMILES string of the molecule is CS/C(=C\c1ccc(NCc2ccc(C(F)(F)F)cc2C(F)(F)F)c(C=N)c1)C(=O)N(C=O)CC1(NC(=O)C2CC2)CCOCC1. The number of hydrogen-bond acceptors (Lipinski definition) is 7. The van der Waals surface area contributed by atoms with Gasteiger partial charge in [-0.05, 0) is 73.4 Å². The molecule has 1 saturated carbocycles. The number of nitrogens with one attached hydrogen (secondary N) is 3. The van der Waals surface area contributed by atoms with E-state index in [0.717, 1.165) is 41.8 Å². The number of thioether (sulfide) groups is 1. The zero-order valence-corrected chi connectivity index (χ0v) is 25.5. The lowest BCUT2D eigenvalue weighted by Gasteiger charge is -2.40. The first-order chi connectivity index (χ1) is 21.7. The smallest absolute Gasteiger partial charge is 0.381 e. The van der Waals surface area contributed by atoms with Crippen LogP contribution in [-0.2, 0) is 38.0 Å². The van der Waals surface area contributed by atoms with E-state index in [1.807, 2.05) is 0 Å². The maximum absolute atomic E-state index is 13.6. The van der Waals surface area contributed by atoms with Crippen molar-refractivity contribution in [3.8, 4) is 0 Å². The molecule has 4 rings (SSSR count). The molecule has 0 unspecified atom stereocenters. The van der Waals surface area contributed by atoms with Crippen LogP contribution in [-0.4, -0.2) is 60.9 Å². The number of rotatable bonds is 12. The van der Waals surface area contributed by atoms with Crippen molar-refractivity contribution in [1.29, 1.82) is 5.41 Å². The maximum Gasteiger partial charge on any atom is 0.416 e. The van der Waals surface area contributed by atoms with E-state index in [9.17, 15) is 40.7 Å². The van der Waals surface area contributed by atoms with Crippen molar-refractivity contribution in [2.24, 2.45) is 5.92 Å². The monoisotopic (exact) mass is 670 g/mol. The Hall–Kier alpha value is -3.85. The molecule has 15 heteroatoms. The summed E-state index contributed by atoms with van der Waals surface area (Å²) >= 11 is 1.08. The lowest BCUT2D eigenvalue weighted by Crippen LogP contribution is -2.59. The van der Waals surface area contributed by atoms with Crippen molar-refractivity contribution in [2.75, 3.05) is 31.3 Å². The molecule has 2 aromatic carbocycles. The van der Waals surface area contributed by atoms with Gasteiger partial charge in [0, 0.05) is 43.1 Å². The average Bonchev–Trinajstić information content (AvgIpc) is 3.87. The highest BCUT2D eigenvalue weighted by Gasteiger charge is 2.41. The van der Waals surface area contributed by atoms with Crippen molar-refractivity contribution in [1.82, 2.24) is 10.2 Å². The molecular weight excluding hydrogens is 638 g/mol. The van der Waals surface area contributed by atoms with E-state index in [-0.39, 0.29) is 40.6 Å². The molecule has 0 spiro atoms. The van der Waals surface area contributed by atoms with Crippen molar-refractivity contribution in [3.05, 3.63) is 69.1 Å². The molecule has 1 aliphatic heterocycles. The van der Waals surface area contributed by atoms with Crippen LogP contribution in [0.5, 0.6) is 0 Å².